The van der Waals surface area contributed by atoms with Gasteiger partial charge in [0.2, 0.25) is 0 Å². The molecular formula is C9H14N2O2. The van der Waals surface area contributed by atoms with E-state index in [1.807, 2.05) is 19.0 Å². The fourth-order valence-electron chi connectivity index (χ4n) is 1.35. The van der Waals surface area contributed by atoms with Crippen molar-refractivity contribution < 1.29 is 9.53 Å². The van der Waals surface area contributed by atoms with Crippen molar-refractivity contribution in [3.8, 4) is 11.8 Å². The Labute approximate surface area is 78.0 Å². The minimum atomic E-state index is -0.614. The van der Waals surface area contributed by atoms with Gasteiger partial charge in [-0.25, -0.2) is 0 Å². The minimum absolute atomic E-state index is 0.602. The summed E-state index contributed by atoms with van der Waals surface area (Å²) in [6.07, 6.45) is 1.78. The second kappa shape index (κ2) is 3.77. The van der Waals surface area contributed by atoms with Crippen molar-refractivity contribution in [2.24, 2.45) is 5.73 Å². The van der Waals surface area contributed by atoms with Crippen LogP contribution in [0.15, 0.2) is 0 Å². The van der Waals surface area contributed by atoms with Crippen LogP contribution in [0.1, 0.15) is 12.8 Å². The van der Waals surface area contributed by atoms with E-state index in [4.69, 9.17) is 10.5 Å². The van der Waals surface area contributed by atoms with Gasteiger partial charge in [-0.15, -0.1) is 0 Å². The van der Waals surface area contributed by atoms with Crippen LogP contribution < -0.4 is 5.73 Å². The summed E-state index contributed by atoms with van der Waals surface area (Å²) in [6.45, 7) is 0.686. The summed E-state index contributed by atoms with van der Waals surface area (Å²) in [6, 6.07) is 0. The Morgan fingerprint density at radius 1 is 1.62 bits per heavy atom. The molecule has 0 aromatic rings. The molecular weight excluding hydrogens is 168 g/mol. The molecule has 1 saturated heterocycles. The van der Waals surface area contributed by atoms with Gasteiger partial charge >= 0.3 is 0 Å². The Bertz CT molecular complexity index is 257. The first-order valence-corrected chi connectivity index (χ1v) is 4.21. The van der Waals surface area contributed by atoms with E-state index in [0.717, 1.165) is 12.8 Å². The molecule has 0 bridgehead atoms. The molecule has 0 aliphatic carbocycles. The summed E-state index contributed by atoms with van der Waals surface area (Å²) in [4.78, 5) is 12.4. The van der Waals surface area contributed by atoms with Gasteiger partial charge in [-0.2, -0.15) is 0 Å². The van der Waals surface area contributed by atoms with Crippen molar-refractivity contribution in [2.75, 3.05) is 20.7 Å². The highest BCUT2D eigenvalue weighted by Gasteiger charge is 2.35. The van der Waals surface area contributed by atoms with Gasteiger partial charge in [-0.3, -0.25) is 9.69 Å². The van der Waals surface area contributed by atoms with Crippen molar-refractivity contribution in [2.45, 2.75) is 18.6 Å². The van der Waals surface area contributed by atoms with Crippen molar-refractivity contribution in [1.82, 2.24) is 4.90 Å². The van der Waals surface area contributed by atoms with E-state index < -0.39 is 11.6 Å². The second-order valence-electron chi connectivity index (χ2n) is 3.25. The molecule has 0 spiro atoms. The highest BCUT2D eigenvalue weighted by Crippen LogP contribution is 2.26. The molecule has 4 heteroatoms. The molecule has 1 aliphatic rings. The van der Waals surface area contributed by atoms with Crippen LogP contribution in [0.3, 0.4) is 0 Å². The molecule has 1 rings (SSSR count). The van der Waals surface area contributed by atoms with E-state index in [-0.39, 0.29) is 0 Å². The molecule has 4 nitrogen and oxygen atoms in total. The van der Waals surface area contributed by atoms with Crippen LogP contribution in [0.4, 0.5) is 0 Å². The van der Waals surface area contributed by atoms with Crippen LogP contribution in [-0.2, 0) is 9.53 Å². The first kappa shape index (κ1) is 10.0. The molecule has 0 saturated carbocycles. The van der Waals surface area contributed by atoms with Crippen molar-refractivity contribution >= 4 is 5.91 Å². The molecule has 1 aliphatic heterocycles. The zero-order valence-corrected chi connectivity index (χ0v) is 7.96. The highest BCUT2D eigenvalue weighted by molar-refractivity contribution is 5.92. The maximum atomic E-state index is 10.5. The van der Waals surface area contributed by atoms with Crippen molar-refractivity contribution in [3.63, 3.8) is 0 Å². The normalized spacial score (nSPS) is 27.0. The van der Waals surface area contributed by atoms with E-state index in [1.54, 1.807) is 0 Å². The van der Waals surface area contributed by atoms with Crippen LogP contribution >= 0.6 is 0 Å². The number of nitrogens with zero attached hydrogens (tertiary/aromatic N) is 1. The fraction of sp³-hybridized carbons (Fsp3) is 0.667. The number of nitrogens with two attached hydrogens (primary N) is 1. The zero-order valence-electron chi connectivity index (χ0n) is 7.96. The summed E-state index contributed by atoms with van der Waals surface area (Å²) >= 11 is 0. The van der Waals surface area contributed by atoms with Crippen molar-refractivity contribution in [3.05, 3.63) is 0 Å². The van der Waals surface area contributed by atoms with E-state index in [0.29, 0.717) is 6.61 Å². The SMILES string of the molecule is CN(C)C1(C#CC(N)=O)CCCO1. The third kappa shape index (κ3) is 2.20. The summed E-state index contributed by atoms with van der Waals surface area (Å²) < 4.78 is 5.50. The smallest absolute Gasteiger partial charge is 0.293 e. The molecule has 0 aromatic heterocycles. The predicted octanol–water partition coefficient (Wildman–Crippen LogP) is -0.457. The Morgan fingerprint density at radius 2 is 2.31 bits per heavy atom. The van der Waals surface area contributed by atoms with Gasteiger partial charge in [-0.05, 0) is 32.4 Å². The number of amides is 1. The number of hydrogen-bond donors (Lipinski definition) is 1. The average molecular weight is 182 g/mol. The second-order valence-corrected chi connectivity index (χ2v) is 3.25. The fourth-order valence-corrected chi connectivity index (χ4v) is 1.35. The van der Waals surface area contributed by atoms with Crippen LogP contribution in [-0.4, -0.2) is 37.2 Å². The lowest BCUT2D eigenvalue weighted by Crippen LogP contribution is -2.42. The molecule has 1 atom stereocenters. The summed E-state index contributed by atoms with van der Waals surface area (Å²) in [5.41, 5.74) is 4.34. The molecule has 0 aromatic carbocycles. The number of rotatable bonds is 1. The van der Waals surface area contributed by atoms with Crippen molar-refractivity contribution in [1.29, 1.82) is 0 Å². The van der Waals surface area contributed by atoms with Crippen LogP contribution in [0.25, 0.3) is 0 Å². The Hall–Kier alpha value is -1.05. The topological polar surface area (TPSA) is 55.6 Å². The Balaban J connectivity index is 2.81. The standard InChI is InChI=1S/C9H14N2O2/c1-11(2)9(5-3-7-13-9)6-4-8(10)12/h3,5,7H2,1-2H3,(H2,10,12). The largest absolute Gasteiger partial charge is 0.359 e. The third-order valence-electron chi connectivity index (χ3n) is 2.10. The van der Waals surface area contributed by atoms with Gasteiger partial charge in [0.05, 0.1) is 6.61 Å². The molecule has 1 amide bonds. The third-order valence-corrected chi connectivity index (χ3v) is 2.10. The van der Waals surface area contributed by atoms with Gasteiger partial charge in [0.25, 0.3) is 5.91 Å². The van der Waals surface area contributed by atoms with E-state index >= 15 is 0 Å². The highest BCUT2D eigenvalue weighted by atomic mass is 16.5. The monoisotopic (exact) mass is 182 g/mol. The summed E-state index contributed by atoms with van der Waals surface area (Å²) in [5.74, 6) is 4.49. The van der Waals surface area contributed by atoms with Gasteiger partial charge in [0, 0.05) is 6.42 Å². The number of primary amides is 1. The van der Waals surface area contributed by atoms with Gasteiger partial charge < -0.3 is 10.5 Å². The first-order chi connectivity index (χ1) is 6.07. The van der Waals surface area contributed by atoms with Crippen LogP contribution in [0.5, 0.6) is 0 Å². The lowest BCUT2D eigenvalue weighted by molar-refractivity contribution is -0.113. The lowest BCUT2D eigenvalue weighted by Gasteiger charge is -2.29. The molecule has 0 radical (unpaired) electrons. The van der Waals surface area contributed by atoms with Gasteiger partial charge in [-0.1, -0.05) is 0 Å². The van der Waals surface area contributed by atoms with E-state index in [9.17, 15) is 4.79 Å². The quantitative estimate of drug-likeness (QED) is 0.558. The zero-order chi connectivity index (χ0) is 9.90. The molecule has 2 N–H and O–H groups in total. The molecule has 1 fully saturated rings. The van der Waals surface area contributed by atoms with E-state index in [2.05, 4.69) is 11.8 Å². The van der Waals surface area contributed by atoms with E-state index in [1.165, 1.54) is 0 Å². The van der Waals surface area contributed by atoms with Gasteiger partial charge in [0.15, 0.2) is 5.72 Å². The minimum Gasteiger partial charge on any atom is -0.359 e. The number of carbonyl (C=O) groups is 1. The Morgan fingerprint density at radius 3 is 2.69 bits per heavy atom. The number of carbonyl (C=O) groups excluding carboxylic acids is 1. The predicted molar refractivity (Wildman–Crippen MR) is 48.6 cm³/mol. The maximum absolute atomic E-state index is 10.5. The Kier molecular flexibility index (Phi) is 2.91. The molecule has 13 heavy (non-hydrogen) atoms. The molecule has 1 unspecified atom stereocenters. The maximum Gasteiger partial charge on any atom is 0.293 e. The molecule has 72 valence electrons. The van der Waals surface area contributed by atoms with Crippen LogP contribution in [0, 0.1) is 11.8 Å². The average Bonchev–Trinajstić information content (AvgIpc) is 2.50. The van der Waals surface area contributed by atoms with Gasteiger partial charge in [0.1, 0.15) is 0 Å². The molecule has 1 heterocycles. The number of hydrogen-bond acceptors (Lipinski definition) is 3. The lowest BCUT2D eigenvalue weighted by atomic mass is 10.1. The summed E-state index contributed by atoms with van der Waals surface area (Å²) in [5, 5.41) is 0. The van der Waals surface area contributed by atoms with Crippen LogP contribution in [0.2, 0.25) is 0 Å². The first-order valence-electron chi connectivity index (χ1n) is 4.21. The number of ether oxygens (including phenoxy) is 1. The summed E-state index contributed by atoms with van der Waals surface area (Å²) in [7, 11) is 3.75.